The second-order valence-corrected chi connectivity index (χ2v) is 9.57. The van der Waals surface area contributed by atoms with Gasteiger partial charge in [-0.3, -0.25) is 18.1 Å². The molecule has 2 aromatic rings. The predicted octanol–water partition coefficient (Wildman–Crippen LogP) is 2.93. The van der Waals surface area contributed by atoms with Crippen LogP contribution in [0.25, 0.3) is 11.2 Å². The lowest BCUT2D eigenvalue weighted by Crippen LogP contribution is -2.51. The maximum absolute atomic E-state index is 16.0. The van der Waals surface area contributed by atoms with E-state index in [-0.39, 0.29) is 42.1 Å². The Bertz CT molecular complexity index is 1040. The van der Waals surface area contributed by atoms with Crippen molar-refractivity contribution < 1.29 is 36.4 Å². The zero-order valence-corrected chi connectivity index (χ0v) is 18.3. The summed E-state index contributed by atoms with van der Waals surface area (Å²) in [5, 5.41) is 0. The molecule has 0 aromatic carbocycles. The monoisotopic (exact) mass is 463 g/mol. The Morgan fingerprint density at radius 1 is 1.42 bits per heavy atom. The SMILES string of the molecule is CCOc1nc(N)nc2c1ncn2[C@@H]1OC2(F)COP(=O)(OCC(C)C)O[C@H]2[C@@]1(C)F. The number of fused-ring (bicyclic) bond motifs is 2. The normalized spacial score (nSPS) is 35.6. The van der Waals surface area contributed by atoms with Crippen molar-refractivity contribution in [3.63, 3.8) is 0 Å². The first kappa shape index (κ1) is 22.3. The molecular formula is C17H24F2N5O6P. The average Bonchev–Trinajstić information content (AvgIpc) is 3.18. The van der Waals surface area contributed by atoms with Gasteiger partial charge in [0.2, 0.25) is 11.8 Å². The Kier molecular flexibility index (Phi) is 5.46. The zero-order chi connectivity index (χ0) is 22.6. The third-order valence-electron chi connectivity index (χ3n) is 4.86. The molecule has 4 heterocycles. The molecule has 172 valence electrons. The van der Waals surface area contributed by atoms with Gasteiger partial charge in [-0.25, -0.2) is 18.3 Å². The largest absolute Gasteiger partial charge is 0.476 e. The molecule has 5 atom stereocenters. The highest BCUT2D eigenvalue weighted by atomic mass is 31.2. The number of halogens is 2. The van der Waals surface area contributed by atoms with Crippen molar-refractivity contribution in [3.8, 4) is 5.88 Å². The lowest BCUT2D eigenvalue weighted by atomic mass is 9.97. The van der Waals surface area contributed by atoms with Crippen molar-refractivity contribution in [2.24, 2.45) is 5.92 Å². The molecule has 2 aromatic heterocycles. The molecule has 4 rings (SSSR count). The molecule has 2 aliphatic heterocycles. The number of nitrogens with zero attached hydrogens (tertiary/aromatic N) is 4. The predicted molar refractivity (Wildman–Crippen MR) is 104 cm³/mol. The number of nitrogens with two attached hydrogens (primary N) is 1. The number of nitrogen functional groups attached to an aromatic ring is 1. The Balaban J connectivity index is 1.70. The van der Waals surface area contributed by atoms with Gasteiger partial charge in [0.15, 0.2) is 29.2 Å². The summed E-state index contributed by atoms with van der Waals surface area (Å²) < 4.78 is 71.6. The number of phosphoric acid groups is 1. The van der Waals surface area contributed by atoms with E-state index in [2.05, 4.69) is 15.0 Å². The fourth-order valence-electron chi connectivity index (χ4n) is 3.48. The third-order valence-corrected chi connectivity index (χ3v) is 6.23. The van der Waals surface area contributed by atoms with E-state index in [0.29, 0.717) is 0 Å². The number of rotatable bonds is 6. The van der Waals surface area contributed by atoms with Crippen LogP contribution in [-0.2, 0) is 22.9 Å². The van der Waals surface area contributed by atoms with Crippen molar-refractivity contribution in [2.45, 2.75) is 51.6 Å². The van der Waals surface area contributed by atoms with Crippen LogP contribution in [0, 0.1) is 5.92 Å². The number of anilines is 1. The summed E-state index contributed by atoms with van der Waals surface area (Å²) in [6.07, 6.45) is -2.27. The smallest absolute Gasteiger partial charge is 0.475 e. The van der Waals surface area contributed by atoms with E-state index in [9.17, 15) is 4.57 Å². The minimum Gasteiger partial charge on any atom is -0.476 e. The van der Waals surface area contributed by atoms with Crippen LogP contribution < -0.4 is 10.5 Å². The topological polar surface area (TPSA) is 133 Å². The van der Waals surface area contributed by atoms with Gasteiger partial charge in [0, 0.05) is 0 Å². The first-order chi connectivity index (χ1) is 14.5. The van der Waals surface area contributed by atoms with Gasteiger partial charge in [0.05, 0.1) is 19.5 Å². The van der Waals surface area contributed by atoms with Crippen molar-refractivity contribution >= 4 is 24.9 Å². The molecule has 2 fully saturated rings. The highest BCUT2D eigenvalue weighted by molar-refractivity contribution is 7.48. The molecule has 2 saturated heterocycles. The van der Waals surface area contributed by atoms with Gasteiger partial charge in [-0.15, -0.1) is 0 Å². The molecule has 0 spiro atoms. The Morgan fingerprint density at radius 2 is 2.16 bits per heavy atom. The first-order valence-corrected chi connectivity index (χ1v) is 11.2. The Labute approximate surface area is 176 Å². The fraction of sp³-hybridized carbons (Fsp3) is 0.706. The molecule has 0 bridgehead atoms. The van der Waals surface area contributed by atoms with Crippen molar-refractivity contribution in [3.05, 3.63) is 6.33 Å². The lowest BCUT2D eigenvalue weighted by molar-refractivity contribution is -0.220. The van der Waals surface area contributed by atoms with Gasteiger partial charge < -0.3 is 15.2 Å². The Morgan fingerprint density at radius 3 is 2.84 bits per heavy atom. The van der Waals surface area contributed by atoms with E-state index in [1.165, 1.54) is 10.9 Å². The van der Waals surface area contributed by atoms with Gasteiger partial charge in [-0.05, 0) is 19.8 Å². The van der Waals surface area contributed by atoms with Gasteiger partial charge in [-0.1, -0.05) is 13.8 Å². The van der Waals surface area contributed by atoms with Gasteiger partial charge in [-0.2, -0.15) is 9.97 Å². The highest BCUT2D eigenvalue weighted by Crippen LogP contribution is 2.63. The number of alkyl halides is 2. The number of imidazole rings is 1. The molecule has 0 saturated carbocycles. The molecule has 14 heteroatoms. The molecule has 31 heavy (non-hydrogen) atoms. The number of aromatic nitrogens is 4. The second-order valence-electron chi connectivity index (χ2n) is 7.95. The summed E-state index contributed by atoms with van der Waals surface area (Å²) in [5.74, 6) is -2.77. The van der Waals surface area contributed by atoms with E-state index in [4.69, 9.17) is 28.8 Å². The van der Waals surface area contributed by atoms with Crippen molar-refractivity contribution in [1.29, 1.82) is 0 Å². The lowest BCUT2D eigenvalue weighted by Gasteiger charge is -2.36. The quantitative estimate of drug-likeness (QED) is 0.638. The van der Waals surface area contributed by atoms with Gasteiger partial charge in [0.25, 0.3) is 5.85 Å². The van der Waals surface area contributed by atoms with E-state index in [1.807, 2.05) is 13.8 Å². The highest BCUT2D eigenvalue weighted by Gasteiger charge is 2.70. The molecule has 0 amide bonds. The van der Waals surface area contributed by atoms with Crippen LogP contribution in [0.1, 0.15) is 33.9 Å². The number of ether oxygens (including phenoxy) is 2. The molecule has 2 aliphatic rings. The zero-order valence-electron chi connectivity index (χ0n) is 17.4. The van der Waals surface area contributed by atoms with Crippen LogP contribution in [-0.4, -0.2) is 57.0 Å². The first-order valence-electron chi connectivity index (χ1n) is 9.75. The summed E-state index contributed by atoms with van der Waals surface area (Å²) in [4.78, 5) is 12.2. The van der Waals surface area contributed by atoms with Gasteiger partial charge >= 0.3 is 7.82 Å². The van der Waals surface area contributed by atoms with Crippen LogP contribution in [0.3, 0.4) is 0 Å². The van der Waals surface area contributed by atoms with Crippen molar-refractivity contribution in [2.75, 3.05) is 25.6 Å². The number of hydrogen-bond acceptors (Lipinski definition) is 10. The second kappa shape index (κ2) is 7.59. The van der Waals surface area contributed by atoms with E-state index in [1.54, 1.807) is 6.92 Å². The molecule has 0 aliphatic carbocycles. The summed E-state index contributed by atoms with van der Waals surface area (Å²) in [6.45, 7) is 5.92. The van der Waals surface area contributed by atoms with Crippen LogP contribution in [0.2, 0.25) is 0 Å². The fourth-order valence-corrected chi connectivity index (χ4v) is 5.12. The molecular weight excluding hydrogens is 439 g/mol. The Hall–Kier alpha value is -1.92. The van der Waals surface area contributed by atoms with Crippen LogP contribution in [0.15, 0.2) is 6.33 Å². The molecule has 2 unspecified atom stereocenters. The standard InChI is InChI=1S/C17H24F2N5O6P/c1-5-26-12-10-11(22-15(20)23-12)24(8-21-10)14-16(4,18)13-17(19,29-14)7-28-31(25,30-13)27-6-9(2)3/h8-9,13-14H,5-7H2,1-4H3,(H2,20,22,23)/t13-,14+,16+,17?,31?/m0/s1. The number of phosphoric ester groups is 1. The number of hydrogen-bond donors (Lipinski definition) is 1. The van der Waals surface area contributed by atoms with Gasteiger partial charge in [0.1, 0.15) is 6.61 Å². The van der Waals surface area contributed by atoms with E-state index < -0.39 is 38.3 Å². The van der Waals surface area contributed by atoms with Crippen molar-refractivity contribution in [1.82, 2.24) is 19.5 Å². The summed E-state index contributed by atoms with van der Waals surface area (Å²) >= 11 is 0. The maximum Gasteiger partial charge on any atom is 0.475 e. The van der Waals surface area contributed by atoms with Crippen LogP contribution in [0.4, 0.5) is 14.7 Å². The molecule has 11 nitrogen and oxygen atoms in total. The minimum absolute atomic E-state index is 0.00131. The summed E-state index contributed by atoms with van der Waals surface area (Å²) in [7, 11) is -4.19. The minimum atomic E-state index is -4.19. The summed E-state index contributed by atoms with van der Waals surface area (Å²) in [5.41, 5.74) is 3.50. The average molecular weight is 463 g/mol. The molecule has 2 N–H and O–H groups in total. The molecule has 0 radical (unpaired) electrons. The van der Waals surface area contributed by atoms with Crippen LogP contribution >= 0.6 is 7.82 Å². The van der Waals surface area contributed by atoms with E-state index >= 15 is 8.78 Å². The third kappa shape index (κ3) is 3.78. The summed E-state index contributed by atoms with van der Waals surface area (Å²) in [6, 6.07) is 0. The van der Waals surface area contributed by atoms with E-state index in [0.717, 1.165) is 6.92 Å². The maximum atomic E-state index is 16.0. The van der Waals surface area contributed by atoms with Crippen LogP contribution in [0.5, 0.6) is 5.88 Å².